The van der Waals surface area contributed by atoms with Gasteiger partial charge in [-0.05, 0) is 30.7 Å². The lowest BCUT2D eigenvalue weighted by atomic mass is 10.1. The van der Waals surface area contributed by atoms with Gasteiger partial charge in [0.25, 0.3) is 0 Å². The number of hydrogen-bond acceptors (Lipinski definition) is 5. The Balaban J connectivity index is 1.66. The molecule has 2 heterocycles. The molecule has 1 saturated heterocycles. The Morgan fingerprint density at radius 2 is 2.13 bits per heavy atom. The number of hydrogen-bond donors (Lipinski definition) is 1. The number of aromatic nitrogens is 2. The summed E-state index contributed by atoms with van der Waals surface area (Å²) in [6, 6.07) is 7.48. The average molecular weight is 395 g/mol. The first-order valence-corrected chi connectivity index (χ1v) is 8.87. The van der Waals surface area contributed by atoms with E-state index in [0.717, 1.165) is 21.6 Å². The molecule has 6 nitrogen and oxygen atoms in total. The Labute approximate surface area is 146 Å². The van der Waals surface area contributed by atoms with Gasteiger partial charge in [-0.3, -0.25) is 9.59 Å². The minimum absolute atomic E-state index is 0.0426. The molecule has 1 aromatic carbocycles. The molecule has 1 N–H and O–H groups in total. The predicted octanol–water partition coefficient (Wildman–Crippen LogP) is 2.85. The van der Waals surface area contributed by atoms with Gasteiger partial charge in [-0.1, -0.05) is 34.2 Å². The highest BCUT2D eigenvalue weighted by atomic mass is 79.9. The van der Waals surface area contributed by atoms with Crippen LogP contribution in [0.2, 0.25) is 0 Å². The first-order valence-electron chi connectivity index (χ1n) is 7.26. The number of nitrogens with one attached hydrogen (secondary N) is 1. The maximum atomic E-state index is 12.3. The molecular formula is C15H15BrN4O2S. The zero-order valence-corrected chi connectivity index (χ0v) is 14.9. The van der Waals surface area contributed by atoms with Crippen LogP contribution in [0, 0.1) is 5.92 Å². The molecule has 1 atom stereocenters. The van der Waals surface area contributed by atoms with Gasteiger partial charge in [0.1, 0.15) is 5.01 Å². The molecule has 120 valence electrons. The van der Waals surface area contributed by atoms with E-state index >= 15 is 0 Å². The molecule has 0 bridgehead atoms. The summed E-state index contributed by atoms with van der Waals surface area (Å²) in [6.07, 6.45) is 0.994. The van der Waals surface area contributed by atoms with Crippen LogP contribution in [-0.2, 0) is 16.0 Å². The number of carbonyl (C=O) groups is 2. The van der Waals surface area contributed by atoms with Crippen LogP contribution < -0.4 is 10.2 Å². The van der Waals surface area contributed by atoms with Crippen LogP contribution in [0.5, 0.6) is 0 Å². The van der Waals surface area contributed by atoms with Gasteiger partial charge in [0.05, 0.1) is 5.92 Å². The van der Waals surface area contributed by atoms with Crippen LogP contribution in [-0.4, -0.2) is 28.6 Å². The van der Waals surface area contributed by atoms with Gasteiger partial charge in [-0.15, -0.1) is 10.2 Å². The molecule has 0 aliphatic carbocycles. The van der Waals surface area contributed by atoms with Crippen LogP contribution >= 0.6 is 27.3 Å². The van der Waals surface area contributed by atoms with E-state index in [9.17, 15) is 9.59 Å². The molecule has 1 aliphatic heterocycles. The maximum Gasteiger partial charge on any atom is 0.231 e. The Hall–Kier alpha value is -1.80. The maximum absolute atomic E-state index is 12.3. The van der Waals surface area contributed by atoms with Gasteiger partial charge in [0.15, 0.2) is 0 Å². The van der Waals surface area contributed by atoms with Crippen molar-refractivity contribution in [3.63, 3.8) is 0 Å². The highest BCUT2D eigenvalue weighted by Gasteiger charge is 2.35. The molecule has 0 radical (unpaired) electrons. The van der Waals surface area contributed by atoms with Crippen LogP contribution in [0.1, 0.15) is 18.4 Å². The third-order valence-electron chi connectivity index (χ3n) is 3.63. The summed E-state index contributed by atoms with van der Waals surface area (Å²) in [4.78, 5) is 26.2. The van der Waals surface area contributed by atoms with Crippen molar-refractivity contribution in [2.75, 3.05) is 16.8 Å². The highest BCUT2D eigenvalue weighted by molar-refractivity contribution is 9.10. The molecule has 8 heteroatoms. The van der Waals surface area contributed by atoms with Gasteiger partial charge < -0.3 is 10.2 Å². The lowest BCUT2D eigenvalue weighted by Gasteiger charge is -2.16. The number of halogens is 1. The van der Waals surface area contributed by atoms with E-state index in [-0.39, 0.29) is 24.2 Å². The Morgan fingerprint density at radius 3 is 2.78 bits per heavy atom. The third kappa shape index (κ3) is 3.59. The van der Waals surface area contributed by atoms with E-state index in [4.69, 9.17) is 0 Å². The van der Waals surface area contributed by atoms with E-state index < -0.39 is 0 Å². The van der Waals surface area contributed by atoms with Crippen molar-refractivity contribution in [2.24, 2.45) is 5.92 Å². The number of nitrogens with zero attached hydrogens (tertiary/aromatic N) is 3. The quantitative estimate of drug-likeness (QED) is 0.864. The largest absolute Gasteiger partial charge is 0.312 e. The average Bonchev–Trinajstić information content (AvgIpc) is 3.15. The summed E-state index contributed by atoms with van der Waals surface area (Å²) in [5, 5.41) is 12.0. The fourth-order valence-electron chi connectivity index (χ4n) is 2.41. The first-order chi connectivity index (χ1) is 11.1. The third-order valence-corrected chi connectivity index (χ3v) is 5.15. The summed E-state index contributed by atoms with van der Waals surface area (Å²) < 4.78 is 0.949. The molecule has 3 rings (SSSR count). The van der Waals surface area contributed by atoms with Crippen molar-refractivity contribution in [3.05, 3.63) is 33.7 Å². The van der Waals surface area contributed by atoms with Crippen LogP contribution in [0.4, 0.5) is 10.8 Å². The van der Waals surface area contributed by atoms with E-state index in [1.807, 2.05) is 31.2 Å². The van der Waals surface area contributed by atoms with Crippen molar-refractivity contribution in [1.82, 2.24) is 10.2 Å². The molecule has 1 fully saturated rings. The summed E-state index contributed by atoms with van der Waals surface area (Å²) in [6.45, 7) is 2.36. The fourth-order valence-corrected chi connectivity index (χ4v) is 3.36. The Kier molecular flexibility index (Phi) is 4.72. The first kappa shape index (κ1) is 16.1. The fraction of sp³-hybridized carbons (Fsp3) is 0.333. The van der Waals surface area contributed by atoms with E-state index in [1.54, 1.807) is 4.90 Å². The monoisotopic (exact) mass is 394 g/mol. The number of aryl methyl sites for hydroxylation is 1. The molecule has 1 unspecified atom stereocenters. The summed E-state index contributed by atoms with van der Waals surface area (Å²) in [5.41, 5.74) is 0.803. The molecule has 0 saturated carbocycles. The topological polar surface area (TPSA) is 75.2 Å². The number of benzene rings is 1. The van der Waals surface area contributed by atoms with Gasteiger partial charge in [-0.2, -0.15) is 0 Å². The number of amides is 2. The number of rotatable bonds is 4. The zero-order chi connectivity index (χ0) is 16.4. The molecule has 23 heavy (non-hydrogen) atoms. The molecule has 2 amide bonds. The zero-order valence-electron chi connectivity index (χ0n) is 12.5. The number of anilines is 2. The minimum Gasteiger partial charge on any atom is -0.312 e. The van der Waals surface area contributed by atoms with Crippen LogP contribution in [0.15, 0.2) is 28.7 Å². The van der Waals surface area contributed by atoms with Gasteiger partial charge in [-0.25, -0.2) is 0 Å². The van der Waals surface area contributed by atoms with Crippen molar-refractivity contribution in [1.29, 1.82) is 0 Å². The molecule has 1 aliphatic rings. The predicted molar refractivity (Wildman–Crippen MR) is 92.5 cm³/mol. The number of carbonyl (C=O) groups excluding carboxylic acids is 2. The van der Waals surface area contributed by atoms with E-state index in [0.29, 0.717) is 11.7 Å². The van der Waals surface area contributed by atoms with Gasteiger partial charge in [0, 0.05) is 23.1 Å². The SMILES string of the molecule is CCc1nnc(NC(=O)C2CC(=O)N(c3ccc(Br)cc3)C2)s1. The van der Waals surface area contributed by atoms with E-state index in [1.165, 1.54) is 11.3 Å². The molecular weight excluding hydrogens is 380 g/mol. The lowest BCUT2D eigenvalue weighted by molar-refractivity contribution is -0.122. The van der Waals surface area contributed by atoms with Crippen molar-refractivity contribution < 1.29 is 9.59 Å². The Morgan fingerprint density at radius 1 is 1.39 bits per heavy atom. The lowest BCUT2D eigenvalue weighted by Crippen LogP contribution is -2.28. The second kappa shape index (κ2) is 6.76. The molecule has 2 aromatic rings. The van der Waals surface area contributed by atoms with E-state index in [2.05, 4.69) is 31.4 Å². The van der Waals surface area contributed by atoms with Crippen LogP contribution in [0.25, 0.3) is 0 Å². The summed E-state index contributed by atoms with van der Waals surface area (Å²) in [5.74, 6) is -0.601. The van der Waals surface area contributed by atoms with Crippen LogP contribution in [0.3, 0.4) is 0 Å². The van der Waals surface area contributed by atoms with Crippen molar-refractivity contribution in [2.45, 2.75) is 19.8 Å². The summed E-state index contributed by atoms with van der Waals surface area (Å²) in [7, 11) is 0. The normalized spacial score (nSPS) is 17.6. The van der Waals surface area contributed by atoms with Crippen molar-refractivity contribution >= 4 is 49.9 Å². The standard InChI is InChI=1S/C15H15BrN4O2S/c1-2-12-18-19-15(23-12)17-14(22)9-7-13(21)20(8-9)11-5-3-10(16)4-6-11/h3-6,9H,2,7-8H2,1H3,(H,17,19,22). The molecule has 0 spiro atoms. The Bertz CT molecular complexity index is 731. The second-order valence-corrected chi connectivity index (χ2v) is 7.20. The molecule has 1 aromatic heterocycles. The summed E-state index contributed by atoms with van der Waals surface area (Å²) >= 11 is 4.73. The minimum atomic E-state index is -0.375. The van der Waals surface area contributed by atoms with Gasteiger partial charge >= 0.3 is 0 Å². The highest BCUT2D eigenvalue weighted by Crippen LogP contribution is 2.27. The van der Waals surface area contributed by atoms with Crippen molar-refractivity contribution in [3.8, 4) is 0 Å². The van der Waals surface area contributed by atoms with Gasteiger partial charge in [0.2, 0.25) is 16.9 Å². The second-order valence-electron chi connectivity index (χ2n) is 5.23. The smallest absolute Gasteiger partial charge is 0.231 e.